The van der Waals surface area contributed by atoms with Crippen molar-refractivity contribution in [3.8, 4) is 0 Å². The van der Waals surface area contributed by atoms with Crippen LogP contribution in [0.3, 0.4) is 0 Å². The van der Waals surface area contributed by atoms with Crippen molar-refractivity contribution in [2.24, 2.45) is 10.8 Å². The van der Waals surface area contributed by atoms with Crippen LogP contribution in [-0.2, 0) is 26.1 Å². The Labute approximate surface area is 106 Å². The molecule has 0 saturated heterocycles. The zero-order chi connectivity index (χ0) is 12.3. The van der Waals surface area contributed by atoms with Gasteiger partial charge in [-0.3, -0.25) is 9.59 Å². The van der Waals surface area contributed by atoms with Crippen LogP contribution in [0.25, 0.3) is 0 Å². The molecule has 0 aromatic carbocycles. The Morgan fingerprint density at radius 2 is 1.50 bits per heavy atom. The van der Waals surface area contributed by atoms with Crippen molar-refractivity contribution in [2.75, 3.05) is 0 Å². The van der Waals surface area contributed by atoms with Crippen molar-refractivity contribution in [1.82, 2.24) is 0 Å². The molecule has 0 amide bonds. The van der Waals surface area contributed by atoms with E-state index in [0.717, 1.165) is 0 Å². The minimum absolute atomic E-state index is 0. The second-order valence-corrected chi connectivity index (χ2v) is 5.06. The molecule has 0 atom stereocenters. The van der Waals surface area contributed by atoms with Crippen LogP contribution in [0.2, 0.25) is 0 Å². The van der Waals surface area contributed by atoms with Gasteiger partial charge < -0.3 is 10.2 Å². The molecule has 0 spiro atoms. The molecule has 0 unspecified atom stereocenters. The molecule has 0 heterocycles. The zero-order valence-electron chi connectivity index (χ0n) is 10.1. The normalized spacial score (nSPS) is 11.8. The van der Waals surface area contributed by atoms with Crippen molar-refractivity contribution >= 4 is 11.9 Å². The third-order valence-electron chi connectivity index (χ3n) is 3.42. The number of aliphatic carboxylic acids is 2. The Morgan fingerprint density at radius 3 is 1.81 bits per heavy atom. The SMILES string of the molecule is CC(C)(CCCC(=O)O)C(C)(C)C(=O)O.[Ni]. The second-order valence-electron chi connectivity index (χ2n) is 5.06. The van der Waals surface area contributed by atoms with Crippen LogP contribution in [0.1, 0.15) is 47.0 Å². The molecule has 2 N–H and O–H groups in total. The van der Waals surface area contributed by atoms with Gasteiger partial charge in [0.1, 0.15) is 0 Å². The molecule has 16 heavy (non-hydrogen) atoms. The molecule has 0 aromatic rings. The van der Waals surface area contributed by atoms with Crippen molar-refractivity contribution in [1.29, 1.82) is 0 Å². The number of carboxylic acid groups (broad SMARTS) is 2. The van der Waals surface area contributed by atoms with E-state index in [1.165, 1.54) is 0 Å². The fourth-order valence-corrected chi connectivity index (χ4v) is 1.28. The van der Waals surface area contributed by atoms with Crippen LogP contribution < -0.4 is 0 Å². The maximum Gasteiger partial charge on any atom is 0.309 e. The standard InChI is InChI=1S/C11H20O4.Ni/c1-10(2,7-5-6-8(12)13)11(3,4)9(14)15;/h5-7H2,1-4H3,(H,12,13)(H,14,15);. The van der Waals surface area contributed by atoms with Crippen molar-refractivity contribution in [2.45, 2.75) is 47.0 Å². The molecule has 0 aromatic heterocycles. The second kappa shape index (κ2) is 6.24. The van der Waals surface area contributed by atoms with Crippen LogP contribution in [0, 0.1) is 10.8 Å². The van der Waals surface area contributed by atoms with Gasteiger partial charge in [-0.2, -0.15) is 0 Å². The molecule has 0 radical (unpaired) electrons. The Kier molecular flexibility index (Phi) is 6.95. The van der Waals surface area contributed by atoms with Gasteiger partial charge in [0.15, 0.2) is 0 Å². The average molecular weight is 275 g/mol. The van der Waals surface area contributed by atoms with E-state index >= 15 is 0 Å². The maximum absolute atomic E-state index is 11.0. The van der Waals surface area contributed by atoms with Gasteiger partial charge in [-0.1, -0.05) is 13.8 Å². The predicted octanol–water partition coefficient (Wildman–Crippen LogP) is 2.38. The van der Waals surface area contributed by atoms with E-state index in [-0.39, 0.29) is 22.9 Å². The smallest absolute Gasteiger partial charge is 0.309 e. The summed E-state index contributed by atoms with van der Waals surface area (Å²) in [5.74, 6) is -1.68. The first-order chi connectivity index (χ1) is 6.61. The van der Waals surface area contributed by atoms with E-state index in [0.29, 0.717) is 12.8 Å². The molecule has 0 bridgehead atoms. The molecule has 0 fully saturated rings. The minimum Gasteiger partial charge on any atom is -0.481 e. The predicted molar refractivity (Wildman–Crippen MR) is 56.7 cm³/mol. The zero-order valence-corrected chi connectivity index (χ0v) is 11.1. The van der Waals surface area contributed by atoms with E-state index in [9.17, 15) is 9.59 Å². The van der Waals surface area contributed by atoms with E-state index < -0.39 is 22.8 Å². The summed E-state index contributed by atoms with van der Waals surface area (Å²) in [5, 5.41) is 17.6. The van der Waals surface area contributed by atoms with Crippen molar-refractivity contribution in [3.05, 3.63) is 0 Å². The molecule has 0 aliphatic heterocycles. The van der Waals surface area contributed by atoms with E-state index in [4.69, 9.17) is 10.2 Å². The summed E-state index contributed by atoms with van der Waals surface area (Å²) in [4.78, 5) is 21.4. The molecular weight excluding hydrogens is 255 g/mol. The molecule has 5 heteroatoms. The van der Waals surface area contributed by atoms with Crippen LogP contribution in [0.15, 0.2) is 0 Å². The van der Waals surface area contributed by atoms with E-state index in [1.807, 2.05) is 13.8 Å². The first kappa shape index (κ1) is 17.8. The van der Waals surface area contributed by atoms with E-state index in [1.54, 1.807) is 13.8 Å². The number of hydrogen-bond donors (Lipinski definition) is 2. The van der Waals surface area contributed by atoms with Gasteiger partial charge in [0, 0.05) is 22.9 Å². The van der Waals surface area contributed by atoms with Crippen molar-refractivity contribution in [3.63, 3.8) is 0 Å². The van der Waals surface area contributed by atoms with E-state index in [2.05, 4.69) is 0 Å². The van der Waals surface area contributed by atoms with Gasteiger partial charge in [-0.05, 0) is 32.1 Å². The molecule has 0 rings (SSSR count). The minimum atomic E-state index is -0.845. The third kappa shape index (κ3) is 4.52. The van der Waals surface area contributed by atoms with Crippen LogP contribution in [0.4, 0.5) is 0 Å². The summed E-state index contributed by atoms with van der Waals surface area (Å²) < 4.78 is 0. The number of hydrogen-bond acceptors (Lipinski definition) is 2. The summed E-state index contributed by atoms with van der Waals surface area (Å²) >= 11 is 0. The summed E-state index contributed by atoms with van der Waals surface area (Å²) in [7, 11) is 0. The monoisotopic (exact) mass is 274 g/mol. The number of rotatable bonds is 6. The molecule has 0 saturated carbocycles. The van der Waals surface area contributed by atoms with Crippen LogP contribution in [-0.4, -0.2) is 22.2 Å². The van der Waals surface area contributed by atoms with Crippen LogP contribution in [0.5, 0.6) is 0 Å². The average Bonchev–Trinajstić information content (AvgIpc) is 2.02. The summed E-state index contributed by atoms with van der Waals surface area (Å²) in [5.41, 5.74) is -1.25. The van der Waals surface area contributed by atoms with Gasteiger partial charge in [-0.15, -0.1) is 0 Å². The fraction of sp³-hybridized carbons (Fsp3) is 0.818. The first-order valence-corrected chi connectivity index (χ1v) is 5.06. The van der Waals surface area contributed by atoms with Gasteiger partial charge in [0.2, 0.25) is 0 Å². The Morgan fingerprint density at radius 1 is 1.06 bits per heavy atom. The molecule has 98 valence electrons. The first-order valence-electron chi connectivity index (χ1n) is 5.06. The Bertz CT molecular complexity index is 259. The Balaban J connectivity index is 0. The Hall–Kier alpha value is -0.566. The molecule has 0 aliphatic carbocycles. The van der Waals surface area contributed by atoms with Gasteiger partial charge in [-0.25, -0.2) is 0 Å². The van der Waals surface area contributed by atoms with Gasteiger partial charge in [0.25, 0.3) is 0 Å². The number of carbonyl (C=O) groups is 2. The molecule has 0 aliphatic rings. The van der Waals surface area contributed by atoms with Crippen LogP contribution >= 0.6 is 0 Å². The van der Waals surface area contributed by atoms with Crippen molar-refractivity contribution < 1.29 is 36.3 Å². The third-order valence-corrected chi connectivity index (χ3v) is 3.42. The topological polar surface area (TPSA) is 74.6 Å². The quantitative estimate of drug-likeness (QED) is 0.730. The summed E-state index contributed by atoms with van der Waals surface area (Å²) in [6, 6.07) is 0. The van der Waals surface area contributed by atoms with Gasteiger partial charge in [0.05, 0.1) is 5.41 Å². The largest absolute Gasteiger partial charge is 0.481 e. The summed E-state index contributed by atoms with van der Waals surface area (Å²) in [6.45, 7) is 7.08. The van der Waals surface area contributed by atoms with Gasteiger partial charge >= 0.3 is 11.9 Å². The number of carboxylic acids is 2. The molecular formula is C11H20NiO4. The fourth-order valence-electron chi connectivity index (χ4n) is 1.28. The molecule has 4 nitrogen and oxygen atoms in total. The summed E-state index contributed by atoms with van der Waals surface area (Å²) in [6.07, 6.45) is 1.21. The maximum atomic E-state index is 11.0.